The minimum absolute atomic E-state index is 0.0486. The quantitative estimate of drug-likeness (QED) is 0.399. The van der Waals surface area contributed by atoms with Crippen molar-refractivity contribution in [1.29, 1.82) is 0 Å². The maximum atomic E-state index is 12.4. The normalized spacial score (nSPS) is 11.0. The van der Waals surface area contributed by atoms with Crippen molar-refractivity contribution in [2.75, 3.05) is 11.9 Å². The molecular weight excluding hydrogens is 292 g/mol. The molecule has 5 heteroatoms. The van der Waals surface area contributed by atoms with Crippen molar-refractivity contribution in [1.82, 2.24) is 4.98 Å². The minimum Gasteiger partial charge on any atom is -0.462 e. The number of nitrogens with one attached hydrogen (secondary N) is 1. The number of amides is 1. The van der Waals surface area contributed by atoms with E-state index in [0.29, 0.717) is 5.69 Å². The van der Waals surface area contributed by atoms with E-state index in [1.54, 1.807) is 31.5 Å². The van der Waals surface area contributed by atoms with Gasteiger partial charge in [-0.15, -0.1) is 0 Å². The summed E-state index contributed by atoms with van der Waals surface area (Å²) >= 11 is 0. The van der Waals surface area contributed by atoms with Crippen LogP contribution in [0.15, 0.2) is 54.4 Å². The summed E-state index contributed by atoms with van der Waals surface area (Å²) in [5, 5.41) is 2.66. The molecular formula is C18H18N2O3. The molecule has 0 saturated heterocycles. The van der Waals surface area contributed by atoms with Crippen LogP contribution >= 0.6 is 0 Å². The minimum atomic E-state index is -0.653. The zero-order valence-corrected chi connectivity index (χ0v) is 13.1. The lowest BCUT2D eigenvalue weighted by molar-refractivity contribution is -0.139. The van der Waals surface area contributed by atoms with Crippen LogP contribution < -0.4 is 5.32 Å². The van der Waals surface area contributed by atoms with Crippen molar-refractivity contribution in [2.45, 2.75) is 13.8 Å². The van der Waals surface area contributed by atoms with Gasteiger partial charge in [0.05, 0.1) is 6.61 Å². The number of aryl methyl sites for hydroxylation is 1. The van der Waals surface area contributed by atoms with Gasteiger partial charge < -0.3 is 10.1 Å². The van der Waals surface area contributed by atoms with Crippen LogP contribution in [0.4, 0.5) is 5.69 Å². The highest BCUT2D eigenvalue weighted by Gasteiger charge is 2.19. The maximum absolute atomic E-state index is 12.4. The number of nitrogens with zero attached hydrogens (tertiary/aromatic N) is 1. The largest absolute Gasteiger partial charge is 0.462 e. The molecule has 0 saturated carbocycles. The Bertz CT molecular complexity index is 707. The predicted molar refractivity (Wildman–Crippen MR) is 88.7 cm³/mol. The molecule has 2 rings (SSSR count). The van der Waals surface area contributed by atoms with Crippen LogP contribution in [0.5, 0.6) is 0 Å². The number of aromatic nitrogens is 1. The van der Waals surface area contributed by atoms with Gasteiger partial charge in [-0.25, -0.2) is 4.79 Å². The van der Waals surface area contributed by atoms with Gasteiger partial charge in [-0.2, -0.15) is 0 Å². The number of ether oxygens (including phenoxy) is 1. The van der Waals surface area contributed by atoms with Gasteiger partial charge >= 0.3 is 5.97 Å². The predicted octanol–water partition coefficient (Wildman–Crippen LogP) is 2.98. The summed E-state index contributed by atoms with van der Waals surface area (Å²) in [5.41, 5.74) is 2.36. The number of hydrogen-bond acceptors (Lipinski definition) is 4. The zero-order valence-electron chi connectivity index (χ0n) is 13.1. The Hall–Kier alpha value is -2.95. The molecule has 0 spiro atoms. The summed E-state index contributed by atoms with van der Waals surface area (Å²) < 4.78 is 4.98. The average molecular weight is 310 g/mol. The van der Waals surface area contributed by atoms with E-state index in [9.17, 15) is 9.59 Å². The van der Waals surface area contributed by atoms with Crippen LogP contribution in [-0.2, 0) is 14.3 Å². The molecule has 0 aliphatic rings. The Morgan fingerprint density at radius 1 is 1.13 bits per heavy atom. The standard InChI is InChI=1S/C18H18N2O3/c1-3-23-18(22)16(12-14-6-4-13(2)5-7-14)17(21)20-15-8-10-19-11-9-15/h4-12H,3H2,1-2H3,(H,19,20,21). The molecule has 1 aromatic carbocycles. The van der Waals surface area contributed by atoms with E-state index in [0.717, 1.165) is 11.1 Å². The molecule has 0 fully saturated rings. The lowest BCUT2D eigenvalue weighted by Crippen LogP contribution is -2.22. The molecule has 0 unspecified atom stereocenters. The lowest BCUT2D eigenvalue weighted by atomic mass is 10.1. The average Bonchev–Trinajstić information content (AvgIpc) is 2.55. The molecule has 0 radical (unpaired) electrons. The Morgan fingerprint density at radius 2 is 1.78 bits per heavy atom. The first-order valence-electron chi connectivity index (χ1n) is 7.27. The van der Waals surface area contributed by atoms with Crippen molar-refractivity contribution in [3.8, 4) is 0 Å². The van der Waals surface area contributed by atoms with Gasteiger partial charge in [-0.1, -0.05) is 29.8 Å². The smallest absolute Gasteiger partial charge is 0.343 e. The number of rotatable bonds is 5. The summed E-state index contributed by atoms with van der Waals surface area (Å²) in [6, 6.07) is 10.8. The van der Waals surface area contributed by atoms with Crippen LogP contribution in [0.25, 0.3) is 6.08 Å². The first kappa shape index (κ1) is 16.4. The second-order valence-electron chi connectivity index (χ2n) is 4.88. The Morgan fingerprint density at radius 3 is 2.39 bits per heavy atom. The van der Waals surface area contributed by atoms with Gasteiger partial charge in [-0.05, 0) is 37.6 Å². The van der Waals surface area contributed by atoms with Crippen molar-refractivity contribution >= 4 is 23.6 Å². The molecule has 0 bridgehead atoms. The molecule has 0 atom stereocenters. The van der Waals surface area contributed by atoms with E-state index < -0.39 is 11.9 Å². The van der Waals surface area contributed by atoms with E-state index in [1.165, 1.54) is 6.08 Å². The van der Waals surface area contributed by atoms with E-state index in [1.807, 2.05) is 31.2 Å². The molecule has 1 aromatic heterocycles. The summed E-state index contributed by atoms with van der Waals surface area (Å²) in [7, 11) is 0. The molecule has 23 heavy (non-hydrogen) atoms. The van der Waals surface area contributed by atoms with Gasteiger partial charge in [-0.3, -0.25) is 9.78 Å². The second kappa shape index (κ2) is 7.89. The topological polar surface area (TPSA) is 68.3 Å². The van der Waals surface area contributed by atoms with Crippen molar-refractivity contribution in [2.24, 2.45) is 0 Å². The van der Waals surface area contributed by atoms with Gasteiger partial charge in [0.2, 0.25) is 0 Å². The number of anilines is 1. The fourth-order valence-corrected chi connectivity index (χ4v) is 1.89. The van der Waals surface area contributed by atoms with Crippen LogP contribution in [0.3, 0.4) is 0 Å². The highest BCUT2D eigenvalue weighted by Crippen LogP contribution is 2.13. The summed E-state index contributed by atoms with van der Waals surface area (Å²) in [5.74, 6) is -1.17. The number of carbonyl (C=O) groups is 2. The molecule has 0 aliphatic carbocycles. The highest BCUT2D eigenvalue weighted by molar-refractivity contribution is 6.24. The Labute approximate surface area is 135 Å². The van der Waals surface area contributed by atoms with Crippen LogP contribution in [0.2, 0.25) is 0 Å². The Kier molecular flexibility index (Phi) is 5.63. The summed E-state index contributed by atoms with van der Waals surface area (Å²) in [4.78, 5) is 28.4. The van der Waals surface area contributed by atoms with Gasteiger partial charge in [0.15, 0.2) is 0 Å². The first-order valence-corrected chi connectivity index (χ1v) is 7.27. The third-order valence-corrected chi connectivity index (χ3v) is 3.07. The van der Waals surface area contributed by atoms with Gasteiger partial charge in [0.25, 0.3) is 5.91 Å². The lowest BCUT2D eigenvalue weighted by Gasteiger charge is -2.08. The van der Waals surface area contributed by atoms with Crippen LogP contribution in [0, 0.1) is 6.92 Å². The monoisotopic (exact) mass is 310 g/mol. The zero-order chi connectivity index (χ0) is 16.7. The van der Waals surface area contributed by atoms with Crippen molar-refractivity contribution in [3.05, 3.63) is 65.5 Å². The second-order valence-corrected chi connectivity index (χ2v) is 4.88. The van der Waals surface area contributed by atoms with Crippen molar-refractivity contribution < 1.29 is 14.3 Å². The molecule has 0 aliphatic heterocycles. The van der Waals surface area contributed by atoms with Crippen LogP contribution in [-0.4, -0.2) is 23.5 Å². The third kappa shape index (κ3) is 4.78. The summed E-state index contributed by atoms with van der Waals surface area (Å²) in [6.45, 7) is 3.87. The SMILES string of the molecule is CCOC(=O)C(=Cc1ccc(C)cc1)C(=O)Nc1ccncc1. The molecule has 1 heterocycles. The van der Waals surface area contributed by atoms with Gasteiger partial charge in [0, 0.05) is 18.1 Å². The van der Waals surface area contributed by atoms with E-state index >= 15 is 0 Å². The number of hydrogen-bond donors (Lipinski definition) is 1. The van der Waals surface area contributed by atoms with Crippen LogP contribution in [0.1, 0.15) is 18.1 Å². The molecule has 5 nitrogen and oxygen atoms in total. The first-order chi connectivity index (χ1) is 11.1. The number of benzene rings is 1. The fourth-order valence-electron chi connectivity index (χ4n) is 1.89. The Balaban J connectivity index is 2.28. The molecule has 1 N–H and O–H groups in total. The fraction of sp³-hybridized carbons (Fsp3) is 0.167. The number of pyridine rings is 1. The third-order valence-electron chi connectivity index (χ3n) is 3.07. The summed E-state index contributed by atoms with van der Waals surface area (Å²) in [6.07, 6.45) is 4.64. The molecule has 118 valence electrons. The number of carbonyl (C=O) groups excluding carboxylic acids is 2. The van der Waals surface area contributed by atoms with E-state index in [4.69, 9.17) is 4.74 Å². The van der Waals surface area contributed by atoms with Crippen molar-refractivity contribution in [3.63, 3.8) is 0 Å². The number of esters is 1. The van der Waals surface area contributed by atoms with E-state index in [-0.39, 0.29) is 12.2 Å². The van der Waals surface area contributed by atoms with E-state index in [2.05, 4.69) is 10.3 Å². The highest BCUT2D eigenvalue weighted by atomic mass is 16.5. The maximum Gasteiger partial charge on any atom is 0.343 e. The molecule has 2 aromatic rings. The molecule has 1 amide bonds. The van der Waals surface area contributed by atoms with Gasteiger partial charge in [0.1, 0.15) is 5.57 Å².